The van der Waals surface area contributed by atoms with Crippen LogP contribution in [0.3, 0.4) is 0 Å². The summed E-state index contributed by atoms with van der Waals surface area (Å²) in [6, 6.07) is 6.06. The molecular weight excluding hydrogens is 254 g/mol. The van der Waals surface area contributed by atoms with Gasteiger partial charge in [-0.25, -0.2) is 0 Å². The quantitative estimate of drug-likeness (QED) is 0.749. The van der Waals surface area contributed by atoms with Gasteiger partial charge in [-0.3, -0.25) is 9.59 Å². The van der Waals surface area contributed by atoms with Crippen LogP contribution in [0.5, 0.6) is 0 Å². The van der Waals surface area contributed by atoms with Gasteiger partial charge in [0, 0.05) is 6.54 Å². The fourth-order valence-electron chi connectivity index (χ4n) is 2.00. The third-order valence-corrected chi connectivity index (χ3v) is 3.21. The number of carbonyl (C=O) groups excluding carboxylic acids is 2. The van der Waals surface area contributed by atoms with Gasteiger partial charge in [0.1, 0.15) is 6.54 Å². The zero-order valence-electron chi connectivity index (χ0n) is 12.7. The molecule has 20 heavy (non-hydrogen) atoms. The highest BCUT2D eigenvalue weighted by Crippen LogP contribution is 2.12. The molecule has 0 aliphatic rings. The summed E-state index contributed by atoms with van der Waals surface area (Å²) in [5, 5.41) is 0. The van der Waals surface area contributed by atoms with Crippen LogP contribution in [0.15, 0.2) is 18.2 Å². The number of amides is 1. The molecule has 1 amide bonds. The van der Waals surface area contributed by atoms with Gasteiger partial charge < -0.3 is 9.64 Å². The minimum Gasteiger partial charge on any atom is -0.465 e. The highest BCUT2D eigenvalue weighted by Gasteiger charge is 2.17. The number of nitrogens with zero attached hydrogens (tertiary/aromatic N) is 1. The van der Waals surface area contributed by atoms with E-state index in [9.17, 15) is 9.59 Å². The first-order valence-electron chi connectivity index (χ1n) is 6.97. The molecule has 0 spiro atoms. The summed E-state index contributed by atoms with van der Waals surface area (Å²) in [6.45, 7) is 8.47. The lowest BCUT2D eigenvalue weighted by molar-refractivity contribution is -0.148. The van der Waals surface area contributed by atoms with Gasteiger partial charge in [0.2, 0.25) is 5.91 Å². The highest BCUT2D eigenvalue weighted by atomic mass is 16.5. The number of carbonyl (C=O) groups is 2. The van der Waals surface area contributed by atoms with Gasteiger partial charge in [-0.1, -0.05) is 23.8 Å². The third-order valence-electron chi connectivity index (χ3n) is 3.21. The zero-order chi connectivity index (χ0) is 15.1. The van der Waals surface area contributed by atoms with E-state index >= 15 is 0 Å². The van der Waals surface area contributed by atoms with E-state index in [0.717, 1.165) is 16.7 Å². The monoisotopic (exact) mass is 277 g/mol. The number of hydrogen-bond donors (Lipinski definition) is 0. The van der Waals surface area contributed by atoms with Gasteiger partial charge in [0.25, 0.3) is 0 Å². The minimum absolute atomic E-state index is 0.0219. The second-order valence-corrected chi connectivity index (χ2v) is 4.82. The van der Waals surface area contributed by atoms with Crippen LogP contribution in [0.25, 0.3) is 0 Å². The highest BCUT2D eigenvalue weighted by molar-refractivity contribution is 5.83. The van der Waals surface area contributed by atoms with E-state index < -0.39 is 0 Å². The van der Waals surface area contributed by atoms with Crippen molar-refractivity contribution in [2.45, 2.75) is 34.1 Å². The molecule has 0 aliphatic heterocycles. The van der Waals surface area contributed by atoms with E-state index in [1.165, 1.54) is 4.90 Å². The number of likely N-dealkylation sites (N-methyl/N-ethyl adjacent to an activating group) is 1. The Morgan fingerprint density at radius 3 is 2.50 bits per heavy atom. The van der Waals surface area contributed by atoms with Crippen LogP contribution in [0.2, 0.25) is 0 Å². The van der Waals surface area contributed by atoms with Crippen LogP contribution in [0, 0.1) is 13.8 Å². The van der Waals surface area contributed by atoms with Crippen LogP contribution in [0.4, 0.5) is 0 Å². The van der Waals surface area contributed by atoms with Crippen LogP contribution in [-0.2, 0) is 20.7 Å². The average Bonchev–Trinajstić information content (AvgIpc) is 2.40. The lowest BCUT2D eigenvalue weighted by Crippen LogP contribution is -2.37. The van der Waals surface area contributed by atoms with Crippen molar-refractivity contribution >= 4 is 11.9 Å². The molecule has 0 radical (unpaired) electrons. The van der Waals surface area contributed by atoms with Gasteiger partial charge in [-0.15, -0.1) is 0 Å². The first kappa shape index (κ1) is 16.2. The Morgan fingerprint density at radius 1 is 1.20 bits per heavy atom. The standard InChI is InChI=1S/C16H23NO3/c1-5-17(11-16(19)20-6-2)15(18)10-14-9-12(3)7-8-13(14)4/h7-9H,5-6,10-11H2,1-4H3. The summed E-state index contributed by atoms with van der Waals surface area (Å²) < 4.78 is 4.88. The molecular formula is C16H23NO3. The normalized spacial score (nSPS) is 10.2. The summed E-state index contributed by atoms with van der Waals surface area (Å²) in [5.74, 6) is -0.405. The molecule has 1 aromatic rings. The largest absolute Gasteiger partial charge is 0.465 e. The molecule has 0 heterocycles. The predicted molar refractivity (Wildman–Crippen MR) is 78.5 cm³/mol. The van der Waals surface area contributed by atoms with Gasteiger partial charge in [0.15, 0.2) is 0 Å². The molecule has 0 saturated heterocycles. The molecule has 0 aliphatic carbocycles. The van der Waals surface area contributed by atoms with Crippen molar-refractivity contribution in [2.75, 3.05) is 19.7 Å². The van der Waals surface area contributed by atoms with Crippen molar-refractivity contribution in [2.24, 2.45) is 0 Å². The van der Waals surface area contributed by atoms with E-state index in [-0.39, 0.29) is 18.4 Å². The first-order chi connectivity index (χ1) is 9.47. The van der Waals surface area contributed by atoms with E-state index in [1.54, 1.807) is 6.92 Å². The van der Waals surface area contributed by atoms with E-state index in [1.807, 2.05) is 39.0 Å². The number of ether oxygens (including phenoxy) is 1. The summed E-state index contributed by atoms with van der Waals surface area (Å²) in [5.41, 5.74) is 3.24. The summed E-state index contributed by atoms with van der Waals surface area (Å²) in [7, 11) is 0. The number of esters is 1. The molecule has 1 aromatic carbocycles. The van der Waals surface area contributed by atoms with Crippen molar-refractivity contribution in [1.29, 1.82) is 0 Å². The molecule has 0 atom stereocenters. The maximum atomic E-state index is 12.3. The molecule has 0 fully saturated rings. The molecule has 4 heteroatoms. The molecule has 1 rings (SSSR count). The van der Waals surface area contributed by atoms with Crippen LogP contribution >= 0.6 is 0 Å². The molecule has 0 bridgehead atoms. The van der Waals surface area contributed by atoms with E-state index in [0.29, 0.717) is 19.6 Å². The molecule has 0 aromatic heterocycles. The molecule has 110 valence electrons. The van der Waals surface area contributed by atoms with Gasteiger partial charge in [0.05, 0.1) is 13.0 Å². The van der Waals surface area contributed by atoms with Crippen LogP contribution in [0.1, 0.15) is 30.5 Å². The van der Waals surface area contributed by atoms with E-state index in [2.05, 4.69) is 0 Å². The fourth-order valence-corrected chi connectivity index (χ4v) is 2.00. The van der Waals surface area contributed by atoms with Crippen LogP contribution in [-0.4, -0.2) is 36.5 Å². The van der Waals surface area contributed by atoms with Crippen molar-refractivity contribution in [3.63, 3.8) is 0 Å². The second kappa shape index (κ2) is 7.68. The molecule has 0 N–H and O–H groups in total. The second-order valence-electron chi connectivity index (χ2n) is 4.82. The Bertz CT molecular complexity index is 483. The summed E-state index contributed by atoms with van der Waals surface area (Å²) in [4.78, 5) is 25.3. The Labute approximate surface area is 120 Å². The fraction of sp³-hybridized carbons (Fsp3) is 0.500. The zero-order valence-corrected chi connectivity index (χ0v) is 12.7. The Morgan fingerprint density at radius 2 is 1.90 bits per heavy atom. The smallest absolute Gasteiger partial charge is 0.325 e. The first-order valence-corrected chi connectivity index (χ1v) is 6.97. The lowest BCUT2D eigenvalue weighted by Gasteiger charge is -2.20. The van der Waals surface area contributed by atoms with Gasteiger partial charge in [-0.2, -0.15) is 0 Å². The third kappa shape index (κ3) is 4.68. The Kier molecular flexibility index (Phi) is 6.22. The van der Waals surface area contributed by atoms with Gasteiger partial charge in [-0.05, 0) is 38.8 Å². The van der Waals surface area contributed by atoms with Crippen molar-refractivity contribution < 1.29 is 14.3 Å². The number of aryl methyl sites for hydroxylation is 2. The average molecular weight is 277 g/mol. The minimum atomic E-state index is -0.358. The number of hydrogen-bond acceptors (Lipinski definition) is 3. The Hall–Kier alpha value is -1.84. The van der Waals surface area contributed by atoms with Gasteiger partial charge >= 0.3 is 5.97 Å². The molecule has 4 nitrogen and oxygen atoms in total. The summed E-state index contributed by atoms with van der Waals surface area (Å²) >= 11 is 0. The lowest BCUT2D eigenvalue weighted by atomic mass is 10.0. The van der Waals surface area contributed by atoms with Crippen molar-refractivity contribution in [3.8, 4) is 0 Å². The molecule has 0 saturated carbocycles. The van der Waals surface area contributed by atoms with E-state index in [4.69, 9.17) is 4.74 Å². The maximum absolute atomic E-state index is 12.3. The number of rotatable bonds is 6. The molecule has 0 unspecified atom stereocenters. The predicted octanol–water partition coefficient (Wildman–Crippen LogP) is 2.26. The SMILES string of the molecule is CCOC(=O)CN(CC)C(=O)Cc1cc(C)ccc1C. The number of benzene rings is 1. The summed E-state index contributed by atoms with van der Waals surface area (Å²) in [6.07, 6.45) is 0.320. The Balaban J connectivity index is 2.72. The van der Waals surface area contributed by atoms with Crippen molar-refractivity contribution in [3.05, 3.63) is 34.9 Å². The van der Waals surface area contributed by atoms with Crippen LogP contribution < -0.4 is 0 Å². The van der Waals surface area contributed by atoms with Crippen molar-refractivity contribution in [1.82, 2.24) is 4.90 Å². The topological polar surface area (TPSA) is 46.6 Å². The maximum Gasteiger partial charge on any atom is 0.325 e.